The van der Waals surface area contributed by atoms with Crippen molar-refractivity contribution >= 4 is 0 Å². The second kappa shape index (κ2) is 5.42. The predicted octanol–water partition coefficient (Wildman–Crippen LogP) is 2.89. The van der Waals surface area contributed by atoms with Gasteiger partial charge in [-0.25, -0.2) is 8.78 Å². The van der Waals surface area contributed by atoms with Crippen LogP contribution in [-0.2, 0) is 6.42 Å². The Morgan fingerprint density at radius 1 is 0.895 bits per heavy atom. The van der Waals surface area contributed by atoms with Crippen molar-refractivity contribution in [2.75, 3.05) is 0 Å². The Bertz CT molecular complexity index is 400. The molecule has 0 bridgehead atoms. The summed E-state index contributed by atoms with van der Waals surface area (Å²) in [5.74, 6) is -9.66. The van der Waals surface area contributed by atoms with Crippen molar-refractivity contribution in [3.05, 3.63) is 35.9 Å². The van der Waals surface area contributed by atoms with Crippen LogP contribution in [0.25, 0.3) is 0 Å². The monoisotopic (exact) mass is 284 g/mol. The third-order valence-electron chi connectivity index (χ3n) is 2.70. The van der Waals surface area contributed by atoms with E-state index in [0.29, 0.717) is 5.56 Å². The van der Waals surface area contributed by atoms with E-state index in [0.717, 1.165) is 0 Å². The second-order valence-electron chi connectivity index (χ2n) is 4.21. The molecule has 0 unspecified atom stereocenters. The first-order valence-corrected chi connectivity index (χ1v) is 5.51. The molecular weight excluding hydrogens is 271 g/mol. The van der Waals surface area contributed by atoms with Crippen LogP contribution in [0, 0.1) is 0 Å². The van der Waals surface area contributed by atoms with Gasteiger partial charge in [-0.05, 0) is 18.4 Å². The lowest BCUT2D eigenvalue weighted by Crippen LogP contribution is -2.58. The van der Waals surface area contributed by atoms with Gasteiger partial charge in [-0.3, -0.25) is 0 Å². The molecule has 0 aromatic heterocycles. The van der Waals surface area contributed by atoms with Crippen molar-refractivity contribution in [2.45, 2.75) is 37.1 Å². The van der Waals surface area contributed by atoms with E-state index < -0.39 is 24.3 Å². The van der Waals surface area contributed by atoms with Gasteiger partial charge in [0.1, 0.15) is 0 Å². The van der Waals surface area contributed by atoms with Gasteiger partial charge in [0.25, 0.3) is 0 Å². The first-order valence-electron chi connectivity index (χ1n) is 5.51. The quantitative estimate of drug-likeness (QED) is 0.644. The highest BCUT2D eigenvalue weighted by Crippen LogP contribution is 2.42. The first-order chi connectivity index (χ1) is 8.58. The summed E-state index contributed by atoms with van der Waals surface area (Å²) >= 11 is 0. The Kier molecular flexibility index (Phi) is 4.52. The molecule has 0 aliphatic rings. The Balaban J connectivity index is 2.61. The van der Waals surface area contributed by atoms with Gasteiger partial charge >= 0.3 is 17.9 Å². The maximum absolute atomic E-state index is 13.2. The van der Waals surface area contributed by atoms with Gasteiger partial charge in [-0.15, -0.1) is 0 Å². The smallest absolute Gasteiger partial charge is 0.354 e. The molecule has 0 fully saturated rings. The highest BCUT2D eigenvalue weighted by Gasteiger charge is 2.68. The molecule has 0 aliphatic carbocycles. The van der Waals surface area contributed by atoms with E-state index in [1.54, 1.807) is 30.3 Å². The summed E-state index contributed by atoms with van der Waals surface area (Å²) in [6.45, 7) is 0. The molecule has 0 heterocycles. The summed E-state index contributed by atoms with van der Waals surface area (Å²) in [7, 11) is 0. The number of aryl methyl sites for hydroxylation is 1. The lowest BCUT2D eigenvalue weighted by atomic mass is 10.00. The van der Waals surface area contributed by atoms with E-state index >= 15 is 0 Å². The number of alkyl halides is 5. The highest BCUT2D eigenvalue weighted by molar-refractivity contribution is 5.14. The summed E-state index contributed by atoms with van der Waals surface area (Å²) in [6, 6.07) is 8.35. The Morgan fingerprint density at radius 2 is 1.42 bits per heavy atom. The predicted molar refractivity (Wildman–Crippen MR) is 57.6 cm³/mol. The number of halogens is 5. The number of hydrogen-bond acceptors (Lipinski definition) is 2. The van der Waals surface area contributed by atoms with E-state index in [4.69, 9.17) is 10.2 Å². The van der Waals surface area contributed by atoms with Crippen LogP contribution in [0.4, 0.5) is 22.0 Å². The van der Waals surface area contributed by atoms with Crippen LogP contribution >= 0.6 is 0 Å². The van der Waals surface area contributed by atoms with Gasteiger partial charge in [-0.2, -0.15) is 13.2 Å². The Labute approximate surface area is 106 Å². The van der Waals surface area contributed by atoms with Crippen LogP contribution in [0.3, 0.4) is 0 Å². The third-order valence-corrected chi connectivity index (χ3v) is 2.70. The normalized spacial score (nSPS) is 13.6. The zero-order chi connectivity index (χ0) is 14.7. The van der Waals surface area contributed by atoms with Crippen LogP contribution < -0.4 is 0 Å². The molecule has 0 amide bonds. The zero-order valence-corrected chi connectivity index (χ0v) is 9.79. The van der Waals surface area contributed by atoms with Gasteiger partial charge in [0.15, 0.2) is 0 Å². The van der Waals surface area contributed by atoms with Crippen LogP contribution in [0.1, 0.15) is 18.4 Å². The molecule has 1 aromatic rings. The Hall–Kier alpha value is -1.21. The Morgan fingerprint density at radius 3 is 1.89 bits per heavy atom. The number of aliphatic hydroxyl groups is 2. The van der Waals surface area contributed by atoms with E-state index in [-0.39, 0.29) is 12.8 Å². The van der Waals surface area contributed by atoms with E-state index in [1.165, 1.54) is 0 Å². The maximum Gasteiger partial charge on any atom is 0.449 e. The fraction of sp³-hybridized carbons (Fsp3) is 0.500. The van der Waals surface area contributed by atoms with Crippen molar-refractivity contribution in [2.24, 2.45) is 0 Å². The summed E-state index contributed by atoms with van der Waals surface area (Å²) in [6.07, 6.45) is -7.24. The molecule has 2 nitrogen and oxygen atoms in total. The van der Waals surface area contributed by atoms with Gasteiger partial charge < -0.3 is 10.2 Å². The van der Waals surface area contributed by atoms with Crippen molar-refractivity contribution < 1.29 is 32.2 Å². The minimum atomic E-state index is -5.80. The SMILES string of the molecule is OC(O)(C(F)(F)F)C(F)(F)CCCc1ccccc1. The highest BCUT2D eigenvalue weighted by atomic mass is 19.4. The van der Waals surface area contributed by atoms with Gasteiger partial charge in [0, 0.05) is 6.42 Å². The van der Waals surface area contributed by atoms with Crippen LogP contribution in [0.15, 0.2) is 30.3 Å². The summed E-state index contributed by atoms with van der Waals surface area (Å²) in [5, 5.41) is 17.1. The first kappa shape index (κ1) is 15.8. The molecule has 0 saturated carbocycles. The molecule has 7 heteroatoms. The standard InChI is InChI=1S/C12H13F5O2/c13-10(14,11(18,19)12(15,16)17)8-4-7-9-5-2-1-3-6-9/h1-3,5-6,18-19H,4,7-8H2. The van der Waals surface area contributed by atoms with E-state index in [2.05, 4.69) is 0 Å². The second-order valence-corrected chi connectivity index (χ2v) is 4.21. The van der Waals surface area contributed by atoms with Crippen molar-refractivity contribution in [3.63, 3.8) is 0 Å². The molecule has 0 radical (unpaired) electrons. The van der Waals surface area contributed by atoms with E-state index in [1.807, 2.05) is 0 Å². The average molecular weight is 284 g/mol. The fourth-order valence-corrected chi connectivity index (χ4v) is 1.54. The lowest BCUT2D eigenvalue weighted by molar-refractivity contribution is -0.417. The molecule has 0 atom stereocenters. The molecule has 19 heavy (non-hydrogen) atoms. The molecule has 0 saturated heterocycles. The lowest BCUT2D eigenvalue weighted by Gasteiger charge is -2.32. The maximum atomic E-state index is 13.2. The van der Waals surface area contributed by atoms with Crippen LogP contribution in [-0.4, -0.2) is 28.1 Å². The van der Waals surface area contributed by atoms with Gasteiger partial charge in [-0.1, -0.05) is 30.3 Å². The van der Waals surface area contributed by atoms with Crippen LogP contribution in [0.2, 0.25) is 0 Å². The van der Waals surface area contributed by atoms with Crippen molar-refractivity contribution in [1.29, 1.82) is 0 Å². The molecule has 108 valence electrons. The largest absolute Gasteiger partial charge is 0.449 e. The molecule has 1 aromatic carbocycles. The fourth-order valence-electron chi connectivity index (χ4n) is 1.54. The van der Waals surface area contributed by atoms with E-state index in [9.17, 15) is 22.0 Å². The molecular formula is C12H13F5O2. The molecule has 0 aliphatic heterocycles. The number of benzene rings is 1. The zero-order valence-electron chi connectivity index (χ0n) is 9.79. The van der Waals surface area contributed by atoms with Gasteiger partial charge in [0.2, 0.25) is 0 Å². The average Bonchev–Trinajstić information content (AvgIpc) is 2.28. The van der Waals surface area contributed by atoms with Gasteiger partial charge in [0.05, 0.1) is 0 Å². The summed E-state index contributed by atoms with van der Waals surface area (Å²) in [4.78, 5) is 0. The summed E-state index contributed by atoms with van der Waals surface area (Å²) < 4.78 is 62.7. The number of hydrogen-bond donors (Lipinski definition) is 2. The molecule has 0 spiro atoms. The third kappa shape index (κ3) is 3.63. The topological polar surface area (TPSA) is 40.5 Å². The minimum absolute atomic E-state index is 0.129. The van der Waals surface area contributed by atoms with Crippen molar-refractivity contribution in [1.82, 2.24) is 0 Å². The molecule has 1 rings (SSSR count). The van der Waals surface area contributed by atoms with Crippen LogP contribution in [0.5, 0.6) is 0 Å². The number of rotatable bonds is 5. The van der Waals surface area contributed by atoms with Crippen molar-refractivity contribution in [3.8, 4) is 0 Å². The summed E-state index contributed by atoms with van der Waals surface area (Å²) in [5.41, 5.74) is 0.687. The molecule has 2 N–H and O–H groups in total. The minimum Gasteiger partial charge on any atom is -0.354 e.